The Kier molecular flexibility index (Phi) is 4.65. The highest BCUT2D eigenvalue weighted by atomic mass is 19.1. The van der Waals surface area contributed by atoms with Crippen LogP contribution in [0.25, 0.3) is 0 Å². The molecule has 0 aliphatic rings. The van der Waals surface area contributed by atoms with Gasteiger partial charge in [-0.3, -0.25) is 4.79 Å². The lowest BCUT2D eigenvalue weighted by Gasteiger charge is -2.09. The molecule has 0 aromatic heterocycles. The minimum atomic E-state index is -0.867. The number of carbonyl (C=O) groups excluding carboxylic acids is 1. The van der Waals surface area contributed by atoms with Crippen LogP contribution in [0.5, 0.6) is 0 Å². The van der Waals surface area contributed by atoms with E-state index in [2.05, 4.69) is 5.32 Å². The topological polar surface area (TPSA) is 55.1 Å². The zero-order valence-electron chi connectivity index (χ0n) is 11.6. The number of halogens is 2. The number of rotatable bonds is 4. The van der Waals surface area contributed by atoms with E-state index >= 15 is 0 Å². The van der Waals surface area contributed by atoms with Crippen molar-refractivity contribution in [3.63, 3.8) is 0 Å². The molecule has 0 spiro atoms. The van der Waals surface area contributed by atoms with E-state index in [4.69, 9.17) is 5.73 Å². The van der Waals surface area contributed by atoms with Gasteiger partial charge in [-0.2, -0.15) is 0 Å². The van der Waals surface area contributed by atoms with Gasteiger partial charge >= 0.3 is 0 Å². The molecule has 3 nitrogen and oxygen atoms in total. The summed E-state index contributed by atoms with van der Waals surface area (Å²) < 4.78 is 27.4. The molecule has 0 unspecified atom stereocenters. The van der Waals surface area contributed by atoms with Crippen LogP contribution in [0.2, 0.25) is 0 Å². The Balaban J connectivity index is 2.10. The van der Waals surface area contributed by atoms with Gasteiger partial charge in [0.05, 0.1) is 0 Å². The van der Waals surface area contributed by atoms with E-state index in [1.54, 1.807) is 0 Å². The second-order valence-corrected chi connectivity index (χ2v) is 4.76. The van der Waals surface area contributed by atoms with E-state index in [9.17, 15) is 13.6 Å². The third kappa shape index (κ3) is 3.44. The molecule has 0 aliphatic carbocycles. The molecule has 0 saturated carbocycles. The molecule has 0 radical (unpaired) electrons. The van der Waals surface area contributed by atoms with Crippen molar-refractivity contribution < 1.29 is 13.6 Å². The van der Waals surface area contributed by atoms with Crippen molar-refractivity contribution in [1.82, 2.24) is 5.32 Å². The lowest BCUT2D eigenvalue weighted by atomic mass is 10.1. The summed E-state index contributed by atoms with van der Waals surface area (Å²) in [5.41, 5.74) is 6.98. The fourth-order valence-electron chi connectivity index (χ4n) is 1.93. The molecule has 0 saturated heterocycles. The van der Waals surface area contributed by atoms with Crippen molar-refractivity contribution in [2.75, 3.05) is 0 Å². The second kappa shape index (κ2) is 6.45. The fourth-order valence-corrected chi connectivity index (χ4v) is 1.93. The first-order chi connectivity index (χ1) is 10.0. The lowest BCUT2D eigenvalue weighted by molar-refractivity contribution is 0.0942. The van der Waals surface area contributed by atoms with Gasteiger partial charge < -0.3 is 11.1 Å². The number of aryl methyl sites for hydroxylation is 1. The van der Waals surface area contributed by atoms with Gasteiger partial charge in [-0.15, -0.1) is 0 Å². The van der Waals surface area contributed by atoms with Crippen molar-refractivity contribution >= 4 is 5.91 Å². The molecule has 1 amide bonds. The van der Waals surface area contributed by atoms with Crippen LogP contribution in [0.15, 0.2) is 36.4 Å². The maximum absolute atomic E-state index is 13.8. The Morgan fingerprint density at radius 1 is 1.10 bits per heavy atom. The first kappa shape index (κ1) is 15.1. The maximum Gasteiger partial charge on any atom is 0.257 e. The molecule has 2 rings (SSSR count). The molecule has 0 heterocycles. The third-order valence-electron chi connectivity index (χ3n) is 3.22. The lowest BCUT2D eigenvalue weighted by Crippen LogP contribution is -2.25. The van der Waals surface area contributed by atoms with Gasteiger partial charge in [-0.1, -0.05) is 30.3 Å². The number of benzene rings is 2. The zero-order chi connectivity index (χ0) is 15.4. The molecule has 0 atom stereocenters. The SMILES string of the molecule is Cc1ccc(F)c(C(=O)NCc2ccc(CN)cc2)c1F. The quantitative estimate of drug-likeness (QED) is 0.909. The van der Waals surface area contributed by atoms with Crippen molar-refractivity contribution in [3.8, 4) is 0 Å². The predicted octanol–water partition coefficient (Wildman–Crippen LogP) is 2.66. The van der Waals surface area contributed by atoms with E-state index in [1.807, 2.05) is 24.3 Å². The number of hydrogen-bond donors (Lipinski definition) is 2. The highest BCUT2D eigenvalue weighted by Gasteiger charge is 2.18. The summed E-state index contributed by atoms with van der Waals surface area (Å²) in [6, 6.07) is 9.69. The standard InChI is InChI=1S/C16H16F2N2O/c1-10-2-7-13(17)14(15(10)18)16(21)20-9-12-5-3-11(8-19)4-6-12/h2-7H,8-9,19H2,1H3,(H,20,21). The molecule has 2 aromatic carbocycles. The molecular weight excluding hydrogens is 274 g/mol. The molecule has 0 aliphatic heterocycles. The molecular formula is C16H16F2N2O. The van der Waals surface area contributed by atoms with Gasteiger partial charge in [-0.25, -0.2) is 8.78 Å². The number of carbonyl (C=O) groups is 1. The number of amides is 1. The van der Waals surface area contributed by atoms with Crippen LogP contribution in [0.3, 0.4) is 0 Å². The van der Waals surface area contributed by atoms with Crippen molar-refractivity contribution in [2.45, 2.75) is 20.0 Å². The van der Waals surface area contributed by atoms with E-state index in [-0.39, 0.29) is 12.1 Å². The summed E-state index contributed by atoms with van der Waals surface area (Å²) in [7, 11) is 0. The number of nitrogens with one attached hydrogen (secondary N) is 1. The number of nitrogens with two attached hydrogens (primary N) is 1. The van der Waals surface area contributed by atoms with Gasteiger partial charge in [0.15, 0.2) is 0 Å². The molecule has 2 aromatic rings. The third-order valence-corrected chi connectivity index (χ3v) is 3.22. The van der Waals surface area contributed by atoms with Crippen LogP contribution in [0.1, 0.15) is 27.0 Å². The first-order valence-electron chi connectivity index (χ1n) is 6.53. The normalized spacial score (nSPS) is 10.5. The van der Waals surface area contributed by atoms with E-state index < -0.39 is 23.1 Å². The summed E-state index contributed by atoms with van der Waals surface area (Å²) in [6.07, 6.45) is 0. The van der Waals surface area contributed by atoms with Gasteiger partial charge in [0.2, 0.25) is 0 Å². The Bertz CT molecular complexity index is 654. The highest BCUT2D eigenvalue weighted by molar-refractivity contribution is 5.94. The smallest absolute Gasteiger partial charge is 0.257 e. The Hall–Kier alpha value is -2.27. The van der Waals surface area contributed by atoms with E-state index in [0.29, 0.717) is 6.54 Å². The molecule has 21 heavy (non-hydrogen) atoms. The van der Waals surface area contributed by atoms with Crippen LogP contribution in [-0.2, 0) is 13.1 Å². The first-order valence-corrected chi connectivity index (χ1v) is 6.53. The average molecular weight is 290 g/mol. The van der Waals surface area contributed by atoms with E-state index in [1.165, 1.54) is 13.0 Å². The van der Waals surface area contributed by atoms with Gasteiger partial charge in [-0.05, 0) is 29.7 Å². The monoisotopic (exact) mass is 290 g/mol. The fraction of sp³-hybridized carbons (Fsp3) is 0.188. The zero-order valence-corrected chi connectivity index (χ0v) is 11.6. The minimum Gasteiger partial charge on any atom is -0.348 e. The number of hydrogen-bond acceptors (Lipinski definition) is 2. The van der Waals surface area contributed by atoms with Gasteiger partial charge in [0.25, 0.3) is 5.91 Å². The molecule has 3 N–H and O–H groups in total. The molecule has 5 heteroatoms. The summed E-state index contributed by atoms with van der Waals surface area (Å²) in [5.74, 6) is -2.46. The van der Waals surface area contributed by atoms with Gasteiger partial charge in [0.1, 0.15) is 17.2 Å². The summed E-state index contributed by atoms with van der Waals surface area (Å²) in [5, 5.41) is 2.51. The molecule has 110 valence electrons. The van der Waals surface area contributed by atoms with Gasteiger partial charge in [0, 0.05) is 13.1 Å². The van der Waals surface area contributed by atoms with Crippen LogP contribution in [0, 0.1) is 18.6 Å². The van der Waals surface area contributed by atoms with E-state index in [0.717, 1.165) is 17.2 Å². The largest absolute Gasteiger partial charge is 0.348 e. The predicted molar refractivity (Wildman–Crippen MR) is 76.6 cm³/mol. The van der Waals surface area contributed by atoms with Crippen molar-refractivity contribution in [2.24, 2.45) is 5.73 Å². The second-order valence-electron chi connectivity index (χ2n) is 4.76. The molecule has 0 bridgehead atoms. The summed E-state index contributed by atoms with van der Waals surface area (Å²) >= 11 is 0. The van der Waals surface area contributed by atoms with Crippen LogP contribution in [0.4, 0.5) is 8.78 Å². The summed E-state index contributed by atoms with van der Waals surface area (Å²) in [6.45, 7) is 2.11. The van der Waals surface area contributed by atoms with Crippen LogP contribution < -0.4 is 11.1 Å². The molecule has 0 fully saturated rings. The Morgan fingerprint density at radius 3 is 2.33 bits per heavy atom. The van der Waals surface area contributed by atoms with Crippen LogP contribution >= 0.6 is 0 Å². The Morgan fingerprint density at radius 2 is 1.71 bits per heavy atom. The highest BCUT2D eigenvalue weighted by Crippen LogP contribution is 2.16. The summed E-state index contributed by atoms with van der Waals surface area (Å²) in [4.78, 5) is 11.9. The van der Waals surface area contributed by atoms with Crippen molar-refractivity contribution in [3.05, 3.63) is 70.3 Å². The minimum absolute atomic E-state index is 0.191. The van der Waals surface area contributed by atoms with Crippen molar-refractivity contribution in [1.29, 1.82) is 0 Å². The maximum atomic E-state index is 13.8. The average Bonchev–Trinajstić information content (AvgIpc) is 2.50. The Labute approximate surface area is 121 Å². The van der Waals surface area contributed by atoms with Crippen LogP contribution in [-0.4, -0.2) is 5.91 Å².